The van der Waals surface area contributed by atoms with Crippen LogP contribution in [0, 0.1) is 13.8 Å². The molecule has 1 atom stereocenters. The number of aromatic nitrogens is 2. The Morgan fingerprint density at radius 2 is 1.76 bits per heavy atom. The fourth-order valence-electron chi connectivity index (χ4n) is 3.82. The van der Waals surface area contributed by atoms with E-state index in [1.807, 2.05) is 13.8 Å². The molecule has 2 aromatic carbocycles. The van der Waals surface area contributed by atoms with E-state index in [0.717, 1.165) is 30.0 Å². The lowest BCUT2D eigenvalue weighted by Crippen LogP contribution is -2.35. The van der Waals surface area contributed by atoms with E-state index in [4.69, 9.17) is 16.6 Å². The Bertz CT molecular complexity index is 1070. The van der Waals surface area contributed by atoms with Gasteiger partial charge in [0.2, 0.25) is 11.6 Å². The summed E-state index contributed by atoms with van der Waals surface area (Å²) in [5.41, 5.74) is 4.93. The van der Waals surface area contributed by atoms with Crippen LogP contribution in [0.2, 0.25) is 5.02 Å². The van der Waals surface area contributed by atoms with Crippen LogP contribution in [0.4, 0.5) is 5.82 Å². The second kappa shape index (κ2) is 8.52. The van der Waals surface area contributed by atoms with Gasteiger partial charge in [0.05, 0.1) is 11.1 Å². The van der Waals surface area contributed by atoms with Crippen LogP contribution in [0.3, 0.4) is 0 Å². The van der Waals surface area contributed by atoms with Crippen molar-refractivity contribution < 1.29 is 4.79 Å². The fraction of sp³-hybridized carbons (Fsp3) is 0.261. The zero-order chi connectivity index (χ0) is 19.8. The Morgan fingerprint density at radius 1 is 1.07 bits per heavy atom. The van der Waals surface area contributed by atoms with E-state index in [9.17, 15) is 4.79 Å². The van der Waals surface area contributed by atoms with Crippen LogP contribution in [0.1, 0.15) is 51.5 Å². The van der Waals surface area contributed by atoms with Gasteiger partial charge in [0.1, 0.15) is 5.82 Å². The van der Waals surface area contributed by atoms with Crippen LogP contribution < -0.4 is 4.90 Å². The van der Waals surface area contributed by atoms with Crippen LogP contribution in [-0.2, 0) is 6.42 Å². The molecule has 0 amide bonds. The van der Waals surface area contributed by atoms with Crippen molar-refractivity contribution in [2.75, 3.05) is 11.4 Å². The number of anilines is 1. The maximum atomic E-state index is 13.0. The second-order valence-electron chi connectivity index (χ2n) is 7.21. The molecule has 1 unspecified atom stereocenters. The molecular weight excluding hydrogens is 405 g/mol. The molecule has 6 heteroatoms. The lowest BCUT2D eigenvalue weighted by atomic mass is 9.93. The summed E-state index contributed by atoms with van der Waals surface area (Å²) in [5, 5.41) is 0.413. The normalized spacial score (nSPS) is 15.4. The lowest BCUT2D eigenvalue weighted by Gasteiger charge is -2.37. The summed E-state index contributed by atoms with van der Waals surface area (Å²) in [6, 6.07) is 15.7. The smallest absolute Gasteiger partial charge is 0.231 e. The maximum absolute atomic E-state index is 13.0. The SMILES string of the molecule is Cc1nc(C(=O)c2ccccc2Cl)nc(N2CCc3ccccc3C2C)c1C.Cl. The Balaban J connectivity index is 0.00000240. The molecule has 29 heavy (non-hydrogen) atoms. The summed E-state index contributed by atoms with van der Waals surface area (Å²) in [5.74, 6) is 0.766. The first-order valence-corrected chi connectivity index (χ1v) is 9.84. The first kappa shape index (κ1) is 21.3. The molecule has 4 nitrogen and oxygen atoms in total. The summed E-state index contributed by atoms with van der Waals surface area (Å²) in [4.78, 5) is 24.5. The topological polar surface area (TPSA) is 46.1 Å². The maximum Gasteiger partial charge on any atom is 0.231 e. The minimum absolute atomic E-state index is 0. The summed E-state index contributed by atoms with van der Waals surface area (Å²) in [6.07, 6.45) is 0.955. The summed E-state index contributed by atoms with van der Waals surface area (Å²) >= 11 is 6.22. The number of carbonyl (C=O) groups is 1. The van der Waals surface area contributed by atoms with E-state index in [2.05, 4.69) is 41.1 Å². The van der Waals surface area contributed by atoms with Crippen molar-refractivity contribution in [1.29, 1.82) is 0 Å². The first-order valence-electron chi connectivity index (χ1n) is 9.46. The van der Waals surface area contributed by atoms with Crippen molar-refractivity contribution in [3.05, 3.63) is 87.3 Å². The number of halogens is 2. The molecule has 0 saturated carbocycles. The molecule has 0 aliphatic carbocycles. The lowest BCUT2D eigenvalue weighted by molar-refractivity contribution is 0.102. The molecule has 1 aliphatic heterocycles. The van der Waals surface area contributed by atoms with Gasteiger partial charge in [-0.15, -0.1) is 12.4 Å². The molecule has 150 valence electrons. The molecule has 0 saturated heterocycles. The molecule has 0 N–H and O–H groups in total. The van der Waals surface area contributed by atoms with Crippen molar-refractivity contribution in [2.45, 2.75) is 33.2 Å². The zero-order valence-electron chi connectivity index (χ0n) is 16.6. The monoisotopic (exact) mass is 427 g/mol. The van der Waals surface area contributed by atoms with Gasteiger partial charge < -0.3 is 4.90 Å². The van der Waals surface area contributed by atoms with Gasteiger partial charge in [-0.25, -0.2) is 9.97 Å². The molecule has 0 fully saturated rings. The number of carbonyl (C=O) groups excluding carboxylic acids is 1. The largest absolute Gasteiger partial charge is 0.349 e. The molecule has 0 bridgehead atoms. The second-order valence-corrected chi connectivity index (χ2v) is 7.62. The number of benzene rings is 2. The van der Waals surface area contributed by atoms with Crippen LogP contribution in [0.15, 0.2) is 48.5 Å². The van der Waals surface area contributed by atoms with Crippen molar-refractivity contribution in [3.63, 3.8) is 0 Å². The predicted molar refractivity (Wildman–Crippen MR) is 120 cm³/mol. The van der Waals surface area contributed by atoms with Crippen molar-refractivity contribution in [1.82, 2.24) is 9.97 Å². The average Bonchev–Trinajstić information content (AvgIpc) is 2.71. The van der Waals surface area contributed by atoms with Gasteiger partial charge in [0, 0.05) is 23.4 Å². The van der Waals surface area contributed by atoms with Gasteiger partial charge in [0.15, 0.2) is 0 Å². The number of ketones is 1. The highest BCUT2D eigenvalue weighted by molar-refractivity contribution is 6.34. The molecule has 0 spiro atoms. The van der Waals surface area contributed by atoms with E-state index in [0.29, 0.717) is 10.6 Å². The summed E-state index contributed by atoms with van der Waals surface area (Å²) < 4.78 is 0. The quantitative estimate of drug-likeness (QED) is 0.515. The Kier molecular flexibility index (Phi) is 6.25. The van der Waals surface area contributed by atoms with E-state index in [-0.39, 0.29) is 30.1 Å². The van der Waals surface area contributed by atoms with Gasteiger partial charge in [0.25, 0.3) is 0 Å². The minimum atomic E-state index is -0.250. The highest BCUT2D eigenvalue weighted by atomic mass is 35.5. The van der Waals surface area contributed by atoms with Gasteiger partial charge in [-0.1, -0.05) is 48.0 Å². The summed E-state index contributed by atoms with van der Waals surface area (Å²) in [7, 11) is 0. The predicted octanol–water partition coefficient (Wildman–Crippen LogP) is 5.52. The number of hydrogen-bond acceptors (Lipinski definition) is 4. The van der Waals surface area contributed by atoms with Gasteiger partial charge in [-0.2, -0.15) is 0 Å². The molecule has 0 radical (unpaired) electrons. The van der Waals surface area contributed by atoms with E-state index >= 15 is 0 Å². The van der Waals surface area contributed by atoms with Crippen molar-refractivity contribution in [3.8, 4) is 0 Å². The number of fused-ring (bicyclic) bond motifs is 1. The molecule has 1 aromatic heterocycles. The van der Waals surface area contributed by atoms with Gasteiger partial charge >= 0.3 is 0 Å². The van der Waals surface area contributed by atoms with Gasteiger partial charge in [-0.05, 0) is 50.5 Å². The number of hydrogen-bond donors (Lipinski definition) is 0. The molecular formula is C23H23Cl2N3O. The average molecular weight is 428 g/mol. The third-order valence-corrected chi connectivity index (χ3v) is 5.88. The van der Waals surface area contributed by atoms with Crippen molar-refractivity contribution in [2.24, 2.45) is 0 Å². The Hall–Kier alpha value is -2.43. The standard InChI is InChI=1S/C23H22ClN3O.ClH/c1-14-15(2)25-22(21(28)19-10-6-7-11-20(19)24)26-23(14)27-13-12-17-8-4-5-9-18(17)16(27)3;/h4-11,16H,12-13H2,1-3H3;1H. The van der Waals surface area contributed by atoms with E-state index < -0.39 is 0 Å². The molecule has 1 aliphatic rings. The van der Waals surface area contributed by atoms with Crippen molar-refractivity contribution >= 4 is 35.6 Å². The number of rotatable bonds is 3. The number of nitrogens with zero attached hydrogens (tertiary/aromatic N) is 3. The van der Waals surface area contributed by atoms with Crippen LogP contribution in [0.25, 0.3) is 0 Å². The first-order chi connectivity index (χ1) is 13.5. The third-order valence-electron chi connectivity index (χ3n) is 5.55. The van der Waals surface area contributed by atoms with Crippen LogP contribution in [-0.4, -0.2) is 22.3 Å². The third kappa shape index (κ3) is 3.87. The highest BCUT2D eigenvalue weighted by Crippen LogP contribution is 2.34. The Morgan fingerprint density at radius 3 is 2.52 bits per heavy atom. The molecule has 2 heterocycles. The van der Waals surface area contributed by atoms with E-state index in [1.165, 1.54) is 11.1 Å². The van der Waals surface area contributed by atoms with Crippen LogP contribution in [0.5, 0.6) is 0 Å². The Labute approximate surface area is 182 Å². The highest BCUT2D eigenvalue weighted by Gasteiger charge is 2.28. The summed E-state index contributed by atoms with van der Waals surface area (Å²) in [6.45, 7) is 6.98. The van der Waals surface area contributed by atoms with E-state index in [1.54, 1.807) is 24.3 Å². The minimum Gasteiger partial charge on any atom is -0.349 e. The molecule has 4 rings (SSSR count). The fourth-order valence-corrected chi connectivity index (χ4v) is 4.04. The van der Waals surface area contributed by atoms with Crippen LogP contribution >= 0.6 is 24.0 Å². The zero-order valence-corrected chi connectivity index (χ0v) is 18.2. The number of aryl methyl sites for hydroxylation is 1. The van der Waals surface area contributed by atoms with Gasteiger partial charge in [-0.3, -0.25) is 4.79 Å². The molecule has 3 aromatic rings.